The summed E-state index contributed by atoms with van der Waals surface area (Å²) in [5.74, 6) is 0. The Hall–Kier alpha value is 0. The van der Waals surface area contributed by atoms with Crippen molar-refractivity contribution in [3.05, 3.63) is 0 Å². The Bertz CT molecular complexity index is 167. The fourth-order valence-corrected chi connectivity index (χ4v) is 1.63. The number of cyclic esters (lactones) is 2. The number of ether oxygens (including phenoxy) is 2. The van der Waals surface area contributed by atoms with Crippen LogP contribution in [0.1, 0.15) is 20.3 Å². The third-order valence-electron chi connectivity index (χ3n) is 1.73. The van der Waals surface area contributed by atoms with E-state index in [9.17, 15) is 4.79 Å². The minimum absolute atomic E-state index is 0.0769. The fourth-order valence-electron chi connectivity index (χ4n) is 1.07. The first-order valence-electron chi connectivity index (χ1n) is 3.52. The summed E-state index contributed by atoms with van der Waals surface area (Å²) in [4.78, 5) is 10.7. The fraction of sp³-hybridized carbons (Fsp3) is 0.857. The van der Waals surface area contributed by atoms with Gasteiger partial charge in [-0.2, -0.15) is 0 Å². The first-order valence-corrected chi connectivity index (χ1v) is 5.04. The molecular weight excluding hydrogens is 259 g/mol. The largest absolute Gasteiger partial charge is 0.509 e. The molecule has 0 aromatic heterocycles. The maximum absolute atomic E-state index is 10.7. The predicted molar refractivity (Wildman–Crippen MR) is 48.9 cm³/mol. The van der Waals surface area contributed by atoms with Gasteiger partial charge in [0.05, 0.1) is 0 Å². The summed E-state index contributed by atoms with van der Waals surface area (Å²) in [6, 6.07) is 0. The molecule has 0 unspecified atom stereocenters. The van der Waals surface area contributed by atoms with Crippen LogP contribution in [0.3, 0.4) is 0 Å². The third-order valence-corrected chi connectivity index (χ3v) is 2.35. The lowest BCUT2D eigenvalue weighted by Gasteiger charge is -2.20. The molecule has 1 aliphatic heterocycles. The molecule has 1 saturated heterocycles. The van der Waals surface area contributed by atoms with Crippen molar-refractivity contribution in [1.82, 2.24) is 0 Å². The lowest BCUT2D eigenvalue weighted by atomic mass is 10.0. The van der Waals surface area contributed by atoms with Crippen molar-refractivity contribution in [3.63, 3.8) is 0 Å². The molecule has 1 rings (SSSR count). The van der Waals surface area contributed by atoms with Crippen molar-refractivity contribution in [2.75, 3.05) is 4.43 Å². The molecular formula is C7H11IO3. The molecule has 0 aliphatic carbocycles. The van der Waals surface area contributed by atoms with Crippen molar-refractivity contribution < 1.29 is 14.3 Å². The van der Waals surface area contributed by atoms with E-state index >= 15 is 0 Å². The van der Waals surface area contributed by atoms with Crippen LogP contribution in [0.2, 0.25) is 0 Å². The van der Waals surface area contributed by atoms with Gasteiger partial charge in [-0.15, -0.1) is 0 Å². The van der Waals surface area contributed by atoms with Crippen LogP contribution in [0, 0.1) is 0 Å². The van der Waals surface area contributed by atoms with E-state index in [1.54, 1.807) is 0 Å². The molecule has 0 aromatic carbocycles. The van der Waals surface area contributed by atoms with Gasteiger partial charge in [0.1, 0.15) is 11.7 Å². The average molecular weight is 270 g/mol. The van der Waals surface area contributed by atoms with Gasteiger partial charge < -0.3 is 9.47 Å². The quantitative estimate of drug-likeness (QED) is 0.438. The van der Waals surface area contributed by atoms with Crippen LogP contribution < -0.4 is 0 Å². The van der Waals surface area contributed by atoms with Gasteiger partial charge in [0.2, 0.25) is 0 Å². The normalized spacial score (nSPS) is 27.9. The molecule has 11 heavy (non-hydrogen) atoms. The van der Waals surface area contributed by atoms with Gasteiger partial charge in [-0.3, -0.25) is 0 Å². The highest BCUT2D eigenvalue weighted by atomic mass is 127. The van der Waals surface area contributed by atoms with Crippen molar-refractivity contribution in [2.24, 2.45) is 0 Å². The van der Waals surface area contributed by atoms with Crippen molar-refractivity contribution in [2.45, 2.75) is 32.0 Å². The standard InChI is InChI=1S/C7H11IO3/c1-7(2)5(3-4-8)10-6(9)11-7/h5H,3-4H2,1-2H3/t5-/m1/s1. The zero-order valence-electron chi connectivity index (χ0n) is 6.59. The van der Waals surface area contributed by atoms with E-state index < -0.39 is 11.8 Å². The first kappa shape index (κ1) is 9.09. The van der Waals surface area contributed by atoms with E-state index in [4.69, 9.17) is 9.47 Å². The zero-order valence-corrected chi connectivity index (χ0v) is 8.75. The molecule has 1 fully saturated rings. The second kappa shape index (κ2) is 3.16. The Labute approximate surface area is 79.6 Å². The Kier molecular flexibility index (Phi) is 2.61. The van der Waals surface area contributed by atoms with Gasteiger partial charge in [0, 0.05) is 4.43 Å². The molecule has 0 spiro atoms. The minimum atomic E-state index is -0.537. The Morgan fingerprint density at radius 2 is 2.27 bits per heavy atom. The molecule has 0 radical (unpaired) electrons. The molecule has 0 bridgehead atoms. The summed E-state index contributed by atoms with van der Waals surface area (Å²) in [7, 11) is 0. The molecule has 64 valence electrons. The maximum atomic E-state index is 10.7. The lowest BCUT2D eigenvalue weighted by Crippen LogP contribution is -2.33. The molecule has 0 saturated carbocycles. The van der Waals surface area contributed by atoms with E-state index in [0.717, 1.165) is 10.8 Å². The molecule has 1 heterocycles. The Balaban J connectivity index is 2.58. The molecule has 4 heteroatoms. The van der Waals surface area contributed by atoms with E-state index in [1.807, 2.05) is 13.8 Å². The van der Waals surface area contributed by atoms with Gasteiger partial charge in [-0.05, 0) is 20.3 Å². The van der Waals surface area contributed by atoms with Gasteiger partial charge in [0.25, 0.3) is 0 Å². The number of carbonyl (C=O) groups is 1. The number of hydrogen-bond acceptors (Lipinski definition) is 3. The SMILES string of the molecule is CC1(C)OC(=O)O[C@@H]1CCI. The minimum Gasteiger partial charge on any atom is -0.427 e. The Morgan fingerprint density at radius 1 is 1.64 bits per heavy atom. The van der Waals surface area contributed by atoms with Crippen LogP contribution in [0.4, 0.5) is 4.79 Å². The van der Waals surface area contributed by atoms with Crippen LogP contribution in [0.15, 0.2) is 0 Å². The highest BCUT2D eigenvalue weighted by Gasteiger charge is 2.42. The van der Waals surface area contributed by atoms with Gasteiger partial charge in [-0.1, -0.05) is 22.6 Å². The molecule has 1 aliphatic rings. The predicted octanol–water partition coefficient (Wildman–Crippen LogP) is 2.13. The van der Waals surface area contributed by atoms with Crippen molar-refractivity contribution in [1.29, 1.82) is 0 Å². The number of alkyl halides is 1. The lowest BCUT2D eigenvalue weighted by molar-refractivity contribution is 0.0636. The van der Waals surface area contributed by atoms with Gasteiger partial charge in [-0.25, -0.2) is 4.79 Å². The first-order chi connectivity index (χ1) is 5.06. The smallest absolute Gasteiger partial charge is 0.427 e. The van der Waals surface area contributed by atoms with Crippen molar-refractivity contribution in [3.8, 4) is 0 Å². The van der Waals surface area contributed by atoms with Crippen molar-refractivity contribution >= 4 is 28.7 Å². The monoisotopic (exact) mass is 270 g/mol. The highest BCUT2D eigenvalue weighted by molar-refractivity contribution is 14.1. The third kappa shape index (κ3) is 1.98. The van der Waals surface area contributed by atoms with Gasteiger partial charge in [0.15, 0.2) is 0 Å². The topological polar surface area (TPSA) is 35.5 Å². The summed E-state index contributed by atoms with van der Waals surface area (Å²) >= 11 is 2.25. The second-order valence-corrected chi connectivity index (χ2v) is 4.12. The van der Waals surface area contributed by atoms with E-state index in [0.29, 0.717) is 0 Å². The number of rotatable bonds is 2. The van der Waals surface area contributed by atoms with Crippen LogP contribution in [0.5, 0.6) is 0 Å². The molecule has 1 atom stereocenters. The molecule has 0 N–H and O–H groups in total. The summed E-state index contributed by atoms with van der Waals surface area (Å²) < 4.78 is 10.9. The zero-order chi connectivity index (χ0) is 8.48. The summed E-state index contributed by atoms with van der Waals surface area (Å²) in [5.41, 5.74) is -0.442. The number of hydrogen-bond donors (Lipinski definition) is 0. The number of carbonyl (C=O) groups excluding carboxylic acids is 1. The van der Waals surface area contributed by atoms with E-state index in [-0.39, 0.29) is 6.10 Å². The summed E-state index contributed by atoms with van der Waals surface area (Å²) in [5, 5.41) is 0. The highest BCUT2D eigenvalue weighted by Crippen LogP contribution is 2.28. The average Bonchev–Trinajstić information content (AvgIpc) is 2.07. The summed E-state index contributed by atoms with van der Waals surface area (Å²) in [6.45, 7) is 3.74. The van der Waals surface area contributed by atoms with Crippen LogP contribution in [-0.2, 0) is 9.47 Å². The van der Waals surface area contributed by atoms with Crippen LogP contribution in [0.25, 0.3) is 0 Å². The second-order valence-electron chi connectivity index (χ2n) is 3.04. The van der Waals surface area contributed by atoms with Gasteiger partial charge >= 0.3 is 6.16 Å². The molecule has 0 amide bonds. The number of halogens is 1. The van der Waals surface area contributed by atoms with Crippen LogP contribution >= 0.6 is 22.6 Å². The molecule has 3 nitrogen and oxygen atoms in total. The van der Waals surface area contributed by atoms with E-state index in [1.165, 1.54) is 0 Å². The van der Waals surface area contributed by atoms with Crippen LogP contribution in [-0.4, -0.2) is 22.3 Å². The summed E-state index contributed by atoms with van der Waals surface area (Å²) in [6.07, 6.45) is 0.246. The maximum Gasteiger partial charge on any atom is 0.509 e. The molecule has 0 aromatic rings. The van der Waals surface area contributed by atoms with E-state index in [2.05, 4.69) is 22.6 Å². The Morgan fingerprint density at radius 3 is 2.64 bits per heavy atom.